The maximum Gasteiger partial charge on any atom is 0.194 e. The van der Waals surface area contributed by atoms with Gasteiger partial charge in [0.2, 0.25) is 0 Å². The van der Waals surface area contributed by atoms with Gasteiger partial charge < -0.3 is 20.9 Å². The molecule has 2 aromatic carbocycles. The van der Waals surface area contributed by atoms with Gasteiger partial charge in [0, 0.05) is 73.8 Å². The second-order valence-corrected chi connectivity index (χ2v) is 11.3. The molecule has 3 N–H and O–H groups in total. The highest BCUT2D eigenvalue weighted by atomic mass is 16.1. The van der Waals surface area contributed by atoms with E-state index in [1.54, 1.807) is 12.1 Å². The summed E-state index contributed by atoms with van der Waals surface area (Å²) >= 11 is 0. The Morgan fingerprint density at radius 1 is 0.634 bits per heavy atom. The standard InChI is InChI=1S/C33H40N6O2/c40-32-28-6-1-2-7-29(28)33(41)31-18-24(8-9-30(31)32)23-38-14-16-39(17-15-38)27-19-25-21-35-11-4-3-10-34-12-5-13-36-22-26(20-27)37-25/h1-2,6-9,18-20,34-36H,3-5,10-17,21-23H2. The number of hydrogen-bond acceptors (Lipinski definition) is 8. The summed E-state index contributed by atoms with van der Waals surface area (Å²) in [4.78, 5) is 36.0. The molecular weight excluding hydrogens is 512 g/mol. The monoisotopic (exact) mass is 552 g/mol. The fourth-order valence-corrected chi connectivity index (χ4v) is 6.06. The number of nitrogens with one attached hydrogen (secondary N) is 3. The van der Waals surface area contributed by atoms with Crippen LogP contribution >= 0.6 is 0 Å². The van der Waals surface area contributed by atoms with E-state index in [-0.39, 0.29) is 11.6 Å². The van der Waals surface area contributed by atoms with Crippen LogP contribution in [0, 0.1) is 0 Å². The summed E-state index contributed by atoms with van der Waals surface area (Å²) in [6, 6.07) is 17.4. The van der Waals surface area contributed by atoms with Crippen LogP contribution in [-0.2, 0) is 19.6 Å². The van der Waals surface area contributed by atoms with Crippen molar-refractivity contribution in [1.82, 2.24) is 25.8 Å². The van der Waals surface area contributed by atoms with Gasteiger partial charge in [0.25, 0.3) is 0 Å². The van der Waals surface area contributed by atoms with Gasteiger partial charge in [0.1, 0.15) is 0 Å². The number of anilines is 1. The molecule has 1 fully saturated rings. The molecule has 0 saturated carbocycles. The van der Waals surface area contributed by atoms with Gasteiger partial charge in [-0.3, -0.25) is 19.5 Å². The van der Waals surface area contributed by atoms with Crippen molar-refractivity contribution >= 4 is 17.3 Å². The summed E-state index contributed by atoms with van der Waals surface area (Å²) < 4.78 is 0. The summed E-state index contributed by atoms with van der Waals surface area (Å²) in [5.74, 6) is -0.118. The zero-order chi connectivity index (χ0) is 28.0. The van der Waals surface area contributed by atoms with E-state index >= 15 is 0 Å². The second-order valence-electron chi connectivity index (χ2n) is 11.3. The maximum atomic E-state index is 13.2. The third kappa shape index (κ3) is 6.57. The summed E-state index contributed by atoms with van der Waals surface area (Å²) in [5, 5.41) is 10.7. The predicted octanol–water partition coefficient (Wildman–Crippen LogP) is 3.13. The second kappa shape index (κ2) is 13.0. The fourth-order valence-electron chi connectivity index (χ4n) is 6.06. The lowest BCUT2D eigenvalue weighted by Crippen LogP contribution is -2.46. The van der Waals surface area contributed by atoms with Crippen LogP contribution in [0.4, 0.5) is 5.69 Å². The number of nitrogens with zero attached hydrogens (tertiary/aromatic N) is 3. The zero-order valence-electron chi connectivity index (χ0n) is 23.8. The fraction of sp³-hybridized carbons (Fsp3) is 0.424. The third-order valence-corrected chi connectivity index (χ3v) is 8.33. The number of carbonyl (C=O) groups is 2. The van der Waals surface area contributed by atoms with Crippen LogP contribution in [0.25, 0.3) is 0 Å². The third-order valence-electron chi connectivity index (χ3n) is 8.33. The van der Waals surface area contributed by atoms with Crippen molar-refractivity contribution in [2.75, 3.05) is 57.3 Å². The number of pyridine rings is 1. The van der Waals surface area contributed by atoms with Crippen molar-refractivity contribution in [1.29, 1.82) is 0 Å². The smallest absolute Gasteiger partial charge is 0.194 e. The van der Waals surface area contributed by atoms with Crippen molar-refractivity contribution in [2.45, 2.75) is 38.9 Å². The molecular formula is C33H40N6O2. The van der Waals surface area contributed by atoms with Crippen molar-refractivity contribution in [3.8, 4) is 0 Å². The molecule has 2 aliphatic heterocycles. The molecule has 3 aliphatic rings. The number of fused-ring (bicyclic) bond motifs is 4. The molecule has 214 valence electrons. The molecule has 8 heteroatoms. The first kappa shape index (κ1) is 27.7. The van der Waals surface area contributed by atoms with E-state index in [0.717, 1.165) is 95.4 Å². The number of benzene rings is 2. The first-order valence-electron chi connectivity index (χ1n) is 15.1. The Labute approximate surface area is 242 Å². The molecule has 0 atom stereocenters. The molecule has 1 aromatic heterocycles. The van der Waals surface area contributed by atoms with Crippen molar-refractivity contribution in [2.24, 2.45) is 0 Å². The molecule has 6 rings (SSSR count). The van der Waals surface area contributed by atoms with Crippen LogP contribution in [-0.4, -0.2) is 73.8 Å². The van der Waals surface area contributed by atoms with Crippen LogP contribution < -0.4 is 20.9 Å². The van der Waals surface area contributed by atoms with Crippen LogP contribution in [0.1, 0.15) is 68.1 Å². The Balaban J connectivity index is 1.10. The van der Waals surface area contributed by atoms with E-state index in [4.69, 9.17) is 4.98 Å². The summed E-state index contributed by atoms with van der Waals surface area (Å²) in [6.07, 6.45) is 3.48. The van der Waals surface area contributed by atoms with Gasteiger partial charge >= 0.3 is 0 Å². The van der Waals surface area contributed by atoms with E-state index in [2.05, 4.69) is 37.9 Å². The normalized spacial score (nSPS) is 19.2. The number of hydrogen-bond donors (Lipinski definition) is 3. The number of carbonyl (C=O) groups excluding carboxylic acids is 2. The highest BCUT2D eigenvalue weighted by Gasteiger charge is 2.29. The summed E-state index contributed by atoms with van der Waals surface area (Å²) in [7, 11) is 0. The van der Waals surface area contributed by atoms with E-state index in [9.17, 15) is 9.59 Å². The van der Waals surface area contributed by atoms with Gasteiger partial charge in [-0.05, 0) is 75.3 Å². The Kier molecular flexibility index (Phi) is 8.82. The Morgan fingerprint density at radius 3 is 1.93 bits per heavy atom. The SMILES string of the molecule is O=C1c2ccccc2C(=O)c2cc(CN3CCN(c4cc5nc(c4)CNCCCNCCCCNC5)CC3)ccc21. The van der Waals surface area contributed by atoms with Crippen LogP contribution in [0.3, 0.4) is 0 Å². The molecule has 41 heavy (non-hydrogen) atoms. The van der Waals surface area contributed by atoms with Gasteiger partial charge in [0.15, 0.2) is 11.6 Å². The number of piperazine rings is 1. The van der Waals surface area contributed by atoms with Crippen LogP contribution in [0.15, 0.2) is 54.6 Å². The topological polar surface area (TPSA) is 89.6 Å². The van der Waals surface area contributed by atoms with Crippen molar-refractivity contribution < 1.29 is 9.59 Å². The minimum atomic E-state index is -0.0624. The molecule has 0 unspecified atom stereocenters. The van der Waals surface area contributed by atoms with Crippen LogP contribution in [0.2, 0.25) is 0 Å². The quantitative estimate of drug-likeness (QED) is 0.357. The average molecular weight is 553 g/mol. The molecule has 0 amide bonds. The highest BCUT2D eigenvalue weighted by molar-refractivity contribution is 6.28. The molecule has 0 radical (unpaired) electrons. The maximum absolute atomic E-state index is 13.2. The molecule has 0 spiro atoms. The van der Waals surface area contributed by atoms with Crippen molar-refractivity contribution in [3.05, 3.63) is 93.8 Å². The molecule has 3 aromatic rings. The van der Waals surface area contributed by atoms with Crippen molar-refractivity contribution in [3.63, 3.8) is 0 Å². The van der Waals surface area contributed by atoms with E-state index in [1.807, 2.05) is 30.3 Å². The van der Waals surface area contributed by atoms with Gasteiger partial charge in [-0.15, -0.1) is 0 Å². The number of ketones is 2. The lowest BCUT2D eigenvalue weighted by atomic mass is 9.83. The Morgan fingerprint density at radius 2 is 1.22 bits per heavy atom. The van der Waals surface area contributed by atoms with Gasteiger partial charge in [-0.2, -0.15) is 0 Å². The largest absolute Gasteiger partial charge is 0.369 e. The number of aromatic nitrogens is 1. The van der Waals surface area contributed by atoms with Gasteiger partial charge in [0.05, 0.1) is 11.4 Å². The van der Waals surface area contributed by atoms with E-state index < -0.39 is 0 Å². The summed E-state index contributed by atoms with van der Waals surface area (Å²) in [5.41, 5.74) is 6.57. The first-order valence-corrected chi connectivity index (χ1v) is 15.1. The van der Waals surface area contributed by atoms with E-state index in [1.165, 1.54) is 18.5 Å². The molecule has 1 saturated heterocycles. The van der Waals surface area contributed by atoms with E-state index in [0.29, 0.717) is 22.3 Å². The Hall–Kier alpha value is -3.43. The predicted molar refractivity (Wildman–Crippen MR) is 162 cm³/mol. The molecule has 3 heterocycles. The minimum Gasteiger partial charge on any atom is -0.369 e. The minimum absolute atomic E-state index is 0.0560. The highest BCUT2D eigenvalue weighted by Crippen LogP contribution is 2.28. The van der Waals surface area contributed by atoms with Crippen LogP contribution in [0.5, 0.6) is 0 Å². The lowest BCUT2D eigenvalue weighted by molar-refractivity contribution is 0.0979. The lowest BCUT2D eigenvalue weighted by Gasteiger charge is -2.36. The zero-order valence-corrected chi connectivity index (χ0v) is 23.8. The van der Waals surface area contributed by atoms with Gasteiger partial charge in [-0.25, -0.2) is 0 Å². The summed E-state index contributed by atoms with van der Waals surface area (Å²) in [6.45, 7) is 10.2. The van der Waals surface area contributed by atoms with Gasteiger partial charge in [-0.1, -0.05) is 30.3 Å². The first-order chi connectivity index (χ1) is 20.2. The number of rotatable bonds is 3. The average Bonchev–Trinajstić information content (AvgIpc) is 3.01. The molecule has 2 bridgehead atoms. The Bertz CT molecular complexity index is 1370. The molecule has 1 aliphatic carbocycles. The molecule has 8 nitrogen and oxygen atoms in total.